The van der Waals surface area contributed by atoms with E-state index in [4.69, 9.17) is 9.79 Å². The number of phosphoric ester groups is 1. The third kappa shape index (κ3) is 2.45. The Morgan fingerprint density at radius 3 is 2.11 bits per heavy atom. The summed E-state index contributed by atoms with van der Waals surface area (Å²) in [7, 11) is -4.19. The van der Waals surface area contributed by atoms with E-state index >= 15 is 0 Å². The van der Waals surface area contributed by atoms with E-state index in [2.05, 4.69) is 4.52 Å². The van der Waals surface area contributed by atoms with Crippen LogP contribution in [0, 0.1) is 0 Å². The summed E-state index contributed by atoms with van der Waals surface area (Å²) >= 11 is 0. The predicted molar refractivity (Wildman–Crippen MR) is 30.8 cm³/mol. The van der Waals surface area contributed by atoms with Gasteiger partial charge < -0.3 is 9.79 Å². The molecule has 1 rings (SSSR count). The molecular formula is C4H9O4P. The van der Waals surface area contributed by atoms with Crippen molar-refractivity contribution in [3.63, 3.8) is 0 Å². The Bertz CT molecular complexity index is 136. The topological polar surface area (TPSA) is 66.8 Å². The molecule has 0 radical (unpaired) electrons. The van der Waals surface area contributed by atoms with Crippen LogP contribution in [0.1, 0.15) is 19.3 Å². The van der Waals surface area contributed by atoms with Crippen molar-refractivity contribution in [3.05, 3.63) is 0 Å². The van der Waals surface area contributed by atoms with Crippen LogP contribution in [0.3, 0.4) is 0 Å². The van der Waals surface area contributed by atoms with Crippen molar-refractivity contribution in [2.45, 2.75) is 25.4 Å². The Labute approximate surface area is 53.1 Å². The largest absolute Gasteiger partial charge is 0.469 e. The minimum Gasteiger partial charge on any atom is -0.303 e. The fraction of sp³-hybridized carbons (Fsp3) is 1.00. The summed E-state index contributed by atoms with van der Waals surface area (Å²) in [6.07, 6.45) is 2.40. The van der Waals surface area contributed by atoms with Gasteiger partial charge in [-0.15, -0.1) is 0 Å². The zero-order chi connectivity index (χ0) is 6.91. The zero-order valence-electron chi connectivity index (χ0n) is 4.86. The van der Waals surface area contributed by atoms with E-state index in [9.17, 15) is 4.57 Å². The second kappa shape index (κ2) is 2.39. The van der Waals surface area contributed by atoms with Crippen molar-refractivity contribution in [2.24, 2.45) is 0 Å². The van der Waals surface area contributed by atoms with Crippen LogP contribution in [-0.2, 0) is 9.09 Å². The fourth-order valence-electron chi connectivity index (χ4n) is 0.670. The molecule has 9 heavy (non-hydrogen) atoms. The molecule has 1 aliphatic carbocycles. The molecule has 1 fully saturated rings. The van der Waals surface area contributed by atoms with E-state index in [-0.39, 0.29) is 6.10 Å². The molecule has 1 saturated carbocycles. The van der Waals surface area contributed by atoms with Gasteiger partial charge in [0.15, 0.2) is 0 Å². The molecular weight excluding hydrogens is 143 g/mol. The first-order valence-corrected chi connectivity index (χ1v) is 4.35. The van der Waals surface area contributed by atoms with E-state index < -0.39 is 7.82 Å². The molecule has 0 aliphatic heterocycles. The normalized spacial score (nSPS) is 21.6. The monoisotopic (exact) mass is 152 g/mol. The van der Waals surface area contributed by atoms with Gasteiger partial charge in [0.2, 0.25) is 0 Å². The Morgan fingerprint density at radius 1 is 1.44 bits per heavy atom. The molecule has 0 atom stereocenters. The van der Waals surface area contributed by atoms with Crippen molar-refractivity contribution in [1.29, 1.82) is 0 Å². The van der Waals surface area contributed by atoms with Gasteiger partial charge in [-0.3, -0.25) is 4.52 Å². The van der Waals surface area contributed by atoms with Gasteiger partial charge in [-0.2, -0.15) is 0 Å². The molecule has 0 spiro atoms. The summed E-state index contributed by atoms with van der Waals surface area (Å²) in [5.74, 6) is 0. The van der Waals surface area contributed by atoms with Gasteiger partial charge in [0.05, 0.1) is 6.10 Å². The molecule has 1 aliphatic rings. The third-order valence-corrected chi connectivity index (χ3v) is 1.91. The predicted octanol–water partition coefficient (Wildman–Crippen LogP) is 0.648. The van der Waals surface area contributed by atoms with Gasteiger partial charge in [0.25, 0.3) is 0 Å². The lowest BCUT2D eigenvalue weighted by Gasteiger charge is -2.24. The number of phosphoric acid groups is 1. The maximum absolute atomic E-state index is 10.1. The van der Waals surface area contributed by atoms with Crippen LogP contribution < -0.4 is 0 Å². The van der Waals surface area contributed by atoms with E-state index in [1.165, 1.54) is 0 Å². The molecule has 0 aromatic heterocycles. The van der Waals surface area contributed by atoms with Crippen molar-refractivity contribution >= 4 is 7.82 Å². The molecule has 0 unspecified atom stereocenters. The minimum atomic E-state index is -4.19. The molecule has 2 N–H and O–H groups in total. The number of rotatable bonds is 2. The second-order valence-electron chi connectivity index (χ2n) is 2.15. The highest BCUT2D eigenvalue weighted by Crippen LogP contribution is 2.42. The molecule has 0 amide bonds. The molecule has 0 aromatic rings. The van der Waals surface area contributed by atoms with E-state index in [1.54, 1.807) is 0 Å². The third-order valence-electron chi connectivity index (χ3n) is 1.34. The first-order valence-electron chi connectivity index (χ1n) is 2.82. The van der Waals surface area contributed by atoms with Crippen molar-refractivity contribution in [2.75, 3.05) is 0 Å². The average Bonchev–Trinajstić information content (AvgIpc) is 1.53. The van der Waals surface area contributed by atoms with Crippen LogP contribution in [0.25, 0.3) is 0 Å². The average molecular weight is 152 g/mol. The van der Waals surface area contributed by atoms with E-state index in [0.29, 0.717) is 0 Å². The number of hydrogen-bond donors (Lipinski definition) is 2. The molecule has 4 nitrogen and oxygen atoms in total. The second-order valence-corrected chi connectivity index (χ2v) is 3.34. The van der Waals surface area contributed by atoms with Crippen molar-refractivity contribution < 1.29 is 18.9 Å². The Hall–Kier alpha value is 0.110. The molecule has 0 aromatic carbocycles. The number of hydrogen-bond acceptors (Lipinski definition) is 2. The van der Waals surface area contributed by atoms with Crippen LogP contribution in [0.5, 0.6) is 0 Å². The van der Waals surface area contributed by atoms with E-state index in [0.717, 1.165) is 19.3 Å². The van der Waals surface area contributed by atoms with Crippen molar-refractivity contribution in [1.82, 2.24) is 0 Å². The Kier molecular flexibility index (Phi) is 1.91. The maximum atomic E-state index is 10.1. The summed E-state index contributed by atoms with van der Waals surface area (Å²) in [6.45, 7) is 0. The highest BCUT2D eigenvalue weighted by molar-refractivity contribution is 7.46. The minimum absolute atomic E-state index is 0.189. The summed E-state index contributed by atoms with van der Waals surface area (Å²) in [4.78, 5) is 16.5. The lowest BCUT2D eigenvalue weighted by Crippen LogP contribution is -2.19. The Morgan fingerprint density at radius 2 is 2.00 bits per heavy atom. The molecule has 0 saturated heterocycles. The smallest absolute Gasteiger partial charge is 0.303 e. The summed E-state index contributed by atoms with van der Waals surface area (Å²) in [6, 6.07) is 0. The zero-order valence-corrected chi connectivity index (χ0v) is 5.75. The first-order chi connectivity index (χ1) is 4.08. The highest BCUT2D eigenvalue weighted by atomic mass is 31.2. The van der Waals surface area contributed by atoms with Gasteiger partial charge in [-0.05, 0) is 19.3 Å². The lowest BCUT2D eigenvalue weighted by atomic mass is 9.97. The molecule has 0 bridgehead atoms. The standard InChI is InChI=1S/C4H9O4P/c5-9(6,7)8-4-2-1-3-4/h4H,1-3H2,(H2,5,6,7). The van der Waals surface area contributed by atoms with Crippen LogP contribution in [0.2, 0.25) is 0 Å². The van der Waals surface area contributed by atoms with Crippen LogP contribution in [0.15, 0.2) is 0 Å². The lowest BCUT2D eigenvalue weighted by molar-refractivity contribution is 0.0779. The first kappa shape index (κ1) is 7.22. The van der Waals surface area contributed by atoms with Gasteiger partial charge in [0.1, 0.15) is 0 Å². The van der Waals surface area contributed by atoms with Gasteiger partial charge in [-0.25, -0.2) is 4.57 Å². The SMILES string of the molecule is O=P(O)(O)OC1CCC1. The van der Waals surface area contributed by atoms with Gasteiger partial charge >= 0.3 is 7.82 Å². The maximum Gasteiger partial charge on any atom is 0.469 e. The molecule has 54 valence electrons. The van der Waals surface area contributed by atoms with E-state index in [1.807, 2.05) is 0 Å². The fourth-order valence-corrected chi connectivity index (χ4v) is 1.27. The van der Waals surface area contributed by atoms with Crippen LogP contribution in [0.4, 0.5) is 0 Å². The highest BCUT2D eigenvalue weighted by Gasteiger charge is 2.26. The van der Waals surface area contributed by atoms with Crippen molar-refractivity contribution in [3.8, 4) is 0 Å². The summed E-state index contributed by atoms with van der Waals surface area (Å²) in [5, 5.41) is 0. The molecule has 5 heteroatoms. The molecule has 0 heterocycles. The van der Waals surface area contributed by atoms with Crippen LogP contribution >= 0.6 is 7.82 Å². The quantitative estimate of drug-likeness (QED) is 0.570. The Balaban J connectivity index is 2.24. The summed E-state index contributed by atoms with van der Waals surface area (Å²) in [5.41, 5.74) is 0. The summed E-state index contributed by atoms with van der Waals surface area (Å²) < 4.78 is 14.4. The van der Waals surface area contributed by atoms with Gasteiger partial charge in [-0.1, -0.05) is 0 Å². The van der Waals surface area contributed by atoms with Crippen LogP contribution in [-0.4, -0.2) is 15.9 Å². The van der Waals surface area contributed by atoms with Gasteiger partial charge in [0, 0.05) is 0 Å².